The van der Waals surface area contributed by atoms with E-state index in [1.165, 1.54) is 11.3 Å². The molecule has 0 atom stereocenters. The Morgan fingerprint density at radius 2 is 1.89 bits per heavy atom. The summed E-state index contributed by atoms with van der Waals surface area (Å²) in [7, 11) is 0. The fraction of sp³-hybridized carbons (Fsp3) is 0.154. The van der Waals surface area contributed by atoms with Crippen LogP contribution in [0.1, 0.15) is 15.2 Å². The number of esters is 1. The molecule has 0 bridgehead atoms. The number of ether oxygens (including phenoxy) is 1. The molecule has 1 aromatic heterocycles. The van der Waals surface area contributed by atoms with Crippen molar-refractivity contribution in [3.8, 4) is 0 Å². The van der Waals surface area contributed by atoms with Gasteiger partial charge in [-0.1, -0.05) is 6.07 Å². The molecule has 0 radical (unpaired) electrons. The maximum Gasteiger partial charge on any atom is 0.338 e. The summed E-state index contributed by atoms with van der Waals surface area (Å²) in [5.41, 5.74) is -0.345. The highest BCUT2D eigenvalue weighted by atomic mass is 32.1. The van der Waals surface area contributed by atoms with E-state index in [2.05, 4.69) is 0 Å². The molecule has 19 heavy (non-hydrogen) atoms. The Kier molecular flexibility index (Phi) is 4.21. The summed E-state index contributed by atoms with van der Waals surface area (Å²) in [6.45, 7) is 0.0972. The molecule has 100 valence electrons. The Hall–Kier alpha value is -1.82. The van der Waals surface area contributed by atoms with Crippen LogP contribution in [0, 0.1) is 17.5 Å². The zero-order chi connectivity index (χ0) is 13.8. The molecule has 0 aliphatic rings. The number of carbonyl (C=O) groups is 1. The van der Waals surface area contributed by atoms with Crippen molar-refractivity contribution in [2.45, 2.75) is 6.42 Å². The summed E-state index contributed by atoms with van der Waals surface area (Å²) in [6.07, 6.45) is 0.523. The second kappa shape index (κ2) is 5.88. The predicted octanol–water partition coefficient (Wildman–Crippen LogP) is 3.56. The van der Waals surface area contributed by atoms with E-state index in [1.807, 2.05) is 17.5 Å². The molecule has 0 saturated heterocycles. The minimum Gasteiger partial charge on any atom is -0.462 e. The van der Waals surface area contributed by atoms with Crippen molar-refractivity contribution >= 4 is 17.3 Å². The molecule has 2 aromatic rings. The Labute approximate surface area is 111 Å². The Balaban J connectivity index is 1.96. The molecule has 0 aliphatic heterocycles. The number of hydrogen-bond donors (Lipinski definition) is 0. The average Bonchev–Trinajstić information content (AvgIpc) is 2.88. The highest BCUT2D eigenvalue weighted by Gasteiger charge is 2.15. The lowest BCUT2D eigenvalue weighted by molar-refractivity contribution is 0.0508. The third kappa shape index (κ3) is 3.35. The Bertz CT molecular complexity index is 559. The quantitative estimate of drug-likeness (QED) is 0.634. The molecule has 1 heterocycles. The van der Waals surface area contributed by atoms with Gasteiger partial charge in [-0.3, -0.25) is 0 Å². The third-order valence-electron chi connectivity index (χ3n) is 2.38. The van der Waals surface area contributed by atoms with Crippen LogP contribution in [0.4, 0.5) is 13.2 Å². The van der Waals surface area contributed by atoms with Crippen LogP contribution in [0.15, 0.2) is 29.6 Å². The van der Waals surface area contributed by atoms with E-state index in [1.54, 1.807) is 0 Å². The van der Waals surface area contributed by atoms with Crippen molar-refractivity contribution in [3.05, 3.63) is 57.5 Å². The van der Waals surface area contributed by atoms with Gasteiger partial charge in [0.1, 0.15) is 0 Å². The minimum absolute atomic E-state index is 0.0972. The van der Waals surface area contributed by atoms with Gasteiger partial charge < -0.3 is 4.74 Å². The first-order valence-electron chi connectivity index (χ1n) is 5.42. The zero-order valence-corrected chi connectivity index (χ0v) is 10.5. The Morgan fingerprint density at radius 3 is 2.47 bits per heavy atom. The molecule has 6 heteroatoms. The summed E-state index contributed by atoms with van der Waals surface area (Å²) in [5.74, 6) is -5.31. The highest BCUT2D eigenvalue weighted by molar-refractivity contribution is 7.09. The van der Waals surface area contributed by atoms with E-state index in [0.717, 1.165) is 4.88 Å². The molecule has 0 fully saturated rings. The van der Waals surface area contributed by atoms with Crippen molar-refractivity contribution in [1.82, 2.24) is 0 Å². The van der Waals surface area contributed by atoms with E-state index in [0.29, 0.717) is 18.6 Å². The summed E-state index contributed by atoms with van der Waals surface area (Å²) in [6, 6.07) is 4.99. The molecule has 1 aromatic carbocycles. The first-order chi connectivity index (χ1) is 9.08. The zero-order valence-electron chi connectivity index (χ0n) is 9.66. The van der Waals surface area contributed by atoms with E-state index in [-0.39, 0.29) is 12.2 Å². The predicted molar refractivity (Wildman–Crippen MR) is 64.6 cm³/mol. The normalized spacial score (nSPS) is 10.5. The molecular weight excluding hydrogens is 277 g/mol. The number of carbonyl (C=O) groups excluding carboxylic acids is 1. The minimum atomic E-state index is -1.60. The van der Waals surface area contributed by atoms with Gasteiger partial charge in [0.05, 0.1) is 12.2 Å². The number of rotatable bonds is 4. The van der Waals surface area contributed by atoms with Crippen molar-refractivity contribution in [1.29, 1.82) is 0 Å². The molecule has 0 amide bonds. The second-order valence-electron chi connectivity index (χ2n) is 3.72. The Morgan fingerprint density at radius 1 is 1.21 bits per heavy atom. The fourth-order valence-corrected chi connectivity index (χ4v) is 2.15. The van der Waals surface area contributed by atoms with Crippen LogP contribution in [0.25, 0.3) is 0 Å². The first kappa shape index (κ1) is 13.6. The monoisotopic (exact) mass is 286 g/mol. The van der Waals surface area contributed by atoms with Gasteiger partial charge in [-0.05, 0) is 23.6 Å². The molecule has 2 rings (SSSR count). The molecule has 0 spiro atoms. The molecule has 0 aliphatic carbocycles. The van der Waals surface area contributed by atoms with Crippen LogP contribution in [0.5, 0.6) is 0 Å². The van der Waals surface area contributed by atoms with Gasteiger partial charge >= 0.3 is 5.97 Å². The first-order valence-corrected chi connectivity index (χ1v) is 6.30. The van der Waals surface area contributed by atoms with Crippen molar-refractivity contribution < 1.29 is 22.7 Å². The lowest BCUT2D eigenvalue weighted by Crippen LogP contribution is -2.09. The summed E-state index contributed by atoms with van der Waals surface area (Å²) in [4.78, 5) is 12.5. The van der Waals surface area contributed by atoms with Crippen molar-refractivity contribution in [2.75, 3.05) is 6.61 Å². The van der Waals surface area contributed by atoms with E-state index in [9.17, 15) is 18.0 Å². The van der Waals surface area contributed by atoms with E-state index < -0.39 is 23.4 Å². The van der Waals surface area contributed by atoms with Gasteiger partial charge in [-0.2, -0.15) is 0 Å². The SMILES string of the molecule is O=C(OCCc1cccs1)c1cc(F)c(F)c(F)c1. The highest BCUT2D eigenvalue weighted by Crippen LogP contribution is 2.15. The lowest BCUT2D eigenvalue weighted by atomic mass is 10.2. The van der Waals surface area contributed by atoms with Gasteiger partial charge in [-0.25, -0.2) is 18.0 Å². The third-order valence-corrected chi connectivity index (χ3v) is 3.32. The average molecular weight is 286 g/mol. The fourth-order valence-electron chi connectivity index (χ4n) is 1.46. The summed E-state index contributed by atoms with van der Waals surface area (Å²) in [5, 5.41) is 1.89. The van der Waals surface area contributed by atoms with Gasteiger partial charge in [-0.15, -0.1) is 11.3 Å². The van der Waals surface area contributed by atoms with Gasteiger partial charge in [0.25, 0.3) is 0 Å². The van der Waals surface area contributed by atoms with Crippen LogP contribution in [0.2, 0.25) is 0 Å². The maximum atomic E-state index is 12.9. The number of benzene rings is 1. The molecule has 0 unspecified atom stereocenters. The van der Waals surface area contributed by atoms with Gasteiger partial charge in [0.15, 0.2) is 17.5 Å². The van der Waals surface area contributed by atoms with Gasteiger partial charge in [0, 0.05) is 11.3 Å². The largest absolute Gasteiger partial charge is 0.462 e. The topological polar surface area (TPSA) is 26.3 Å². The van der Waals surface area contributed by atoms with E-state index in [4.69, 9.17) is 4.74 Å². The summed E-state index contributed by atoms with van der Waals surface area (Å²) < 4.78 is 43.4. The van der Waals surface area contributed by atoms with Crippen LogP contribution >= 0.6 is 11.3 Å². The number of halogens is 3. The molecule has 0 N–H and O–H groups in total. The number of hydrogen-bond acceptors (Lipinski definition) is 3. The molecule has 2 nitrogen and oxygen atoms in total. The molecular formula is C13H9F3O2S. The standard InChI is InChI=1S/C13H9F3O2S/c14-10-6-8(7-11(15)12(10)16)13(17)18-4-3-9-2-1-5-19-9/h1-2,5-7H,3-4H2. The van der Waals surface area contributed by atoms with Crippen molar-refractivity contribution in [3.63, 3.8) is 0 Å². The lowest BCUT2D eigenvalue weighted by Gasteiger charge is -2.05. The molecule has 0 saturated carbocycles. The summed E-state index contributed by atoms with van der Waals surface area (Å²) >= 11 is 1.52. The van der Waals surface area contributed by atoms with Crippen LogP contribution in [-0.2, 0) is 11.2 Å². The second-order valence-corrected chi connectivity index (χ2v) is 4.75. The van der Waals surface area contributed by atoms with Crippen LogP contribution in [0.3, 0.4) is 0 Å². The van der Waals surface area contributed by atoms with Crippen molar-refractivity contribution in [2.24, 2.45) is 0 Å². The van der Waals surface area contributed by atoms with Gasteiger partial charge in [0.2, 0.25) is 0 Å². The van der Waals surface area contributed by atoms with Crippen LogP contribution in [-0.4, -0.2) is 12.6 Å². The number of thiophene rings is 1. The van der Waals surface area contributed by atoms with E-state index >= 15 is 0 Å². The van der Waals surface area contributed by atoms with Crippen LogP contribution < -0.4 is 0 Å². The maximum absolute atomic E-state index is 12.9. The smallest absolute Gasteiger partial charge is 0.338 e.